The van der Waals surface area contributed by atoms with Crippen molar-refractivity contribution in [3.05, 3.63) is 68.6 Å². The number of likely N-dealkylation sites (N-methyl/N-ethyl adjacent to an activating group) is 1. The Balaban J connectivity index is 1.63. The van der Waals surface area contributed by atoms with Crippen LogP contribution in [0.15, 0.2) is 34.4 Å². The number of thiophene rings is 1. The molecule has 0 spiro atoms. The molecule has 1 amide bonds. The summed E-state index contributed by atoms with van der Waals surface area (Å²) in [4.78, 5) is 33.6. The van der Waals surface area contributed by atoms with E-state index in [1.54, 1.807) is 13.1 Å². The summed E-state index contributed by atoms with van der Waals surface area (Å²) in [6.07, 6.45) is 0. The van der Waals surface area contributed by atoms with Gasteiger partial charge in [0.2, 0.25) is 0 Å². The molecule has 0 bridgehead atoms. The number of carbonyl (C=O) groups is 1. The summed E-state index contributed by atoms with van der Waals surface area (Å²) >= 11 is 1.50. The first kappa shape index (κ1) is 18.0. The molecule has 6 nitrogen and oxygen atoms in total. The Bertz CT molecular complexity index is 1310. The van der Waals surface area contributed by atoms with Crippen molar-refractivity contribution in [2.75, 3.05) is 13.7 Å². The minimum absolute atomic E-state index is 0.0378. The lowest BCUT2D eigenvalue weighted by molar-refractivity contribution is 0.0333. The SMILES string of the molecule is CN(C(=O)c1cc2ccsc2[nH]1)C1COCc2[nH]c(=O)c3cc(F)c(F)cc3c21. The van der Waals surface area contributed by atoms with Crippen molar-refractivity contribution in [2.45, 2.75) is 12.6 Å². The van der Waals surface area contributed by atoms with E-state index < -0.39 is 23.2 Å². The van der Waals surface area contributed by atoms with Crippen molar-refractivity contribution in [3.8, 4) is 0 Å². The van der Waals surface area contributed by atoms with Crippen molar-refractivity contribution in [3.63, 3.8) is 0 Å². The molecule has 4 aromatic rings. The fraction of sp³-hybridized carbons (Fsp3) is 0.200. The van der Waals surface area contributed by atoms with Gasteiger partial charge in [0, 0.05) is 23.7 Å². The first-order valence-electron chi connectivity index (χ1n) is 8.89. The molecular formula is C20H15F2N3O3S. The molecule has 29 heavy (non-hydrogen) atoms. The summed E-state index contributed by atoms with van der Waals surface area (Å²) < 4.78 is 33.3. The number of hydrogen-bond donors (Lipinski definition) is 2. The minimum atomic E-state index is -1.09. The van der Waals surface area contributed by atoms with Crippen LogP contribution in [-0.2, 0) is 11.3 Å². The molecule has 5 rings (SSSR count). The fourth-order valence-corrected chi connectivity index (χ4v) is 4.63. The average Bonchev–Trinajstić information content (AvgIpc) is 3.30. The molecule has 3 aromatic heterocycles. The summed E-state index contributed by atoms with van der Waals surface area (Å²) in [5.74, 6) is -2.41. The lowest BCUT2D eigenvalue weighted by Crippen LogP contribution is -2.37. The van der Waals surface area contributed by atoms with Crippen LogP contribution < -0.4 is 5.56 Å². The van der Waals surface area contributed by atoms with Crippen LogP contribution in [0.4, 0.5) is 8.78 Å². The first-order valence-corrected chi connectivity index (χ1v) is 9.77. The van der Waals surface area contributed by atoms with Gasteiger partial charge in [0.15, 0.2) is 11.6 Å². The monoisotopic (exact) mass is 415 g/mol. The zero-order valence-corrected chi connectivity index (χ0v) is 16.0. The van der Waals surface area contributed by atoms with E-state index in [-0.39, 0.29) is 29.9 Å². The zero-order valence-electron chi connectivity index (χ0n) is 15.2. The average molecular weight is 415 g/mol. The molecule has 0 saturated carbocycles. The summed E-state index contributed by atoms with van der Waals surface area (Å²) in [5, 5.41) is 3.19. The number of rotatable bonds is 2. The number of carbonyl (C=O) groups excluding carboxylic acids is 1. The molecule has 0 aliphatic carbocycles. The normalized spacial score (nSPS) is 16.3. The number of halogens is 2. The van der Waals surface area contributed by atoms with E-state index in [1.807, 2.05) is 11.4 Å². The summed E-state index contributed by atoms with van der Waals surface area (Å²) in [6.45, 7) is 0.292. The maximum absolute atomic E-state index is 14.0. The van der Waals surface area contributed by atoms with Crippen LogP contribution in [0.25, 0.3) is 21.0 Å². The third kappa shape index (κ3) is 2.77. The van der Waals surface area contributed by atoms with Gasteiger partial charge < -0.3 is 19.6 Å². The zero-order chi connectivity index (χ0) is 20.3. The minimum Gasteiger partial charge on any atom is -0.373 e. The van der Waals surface area contributed by atoms with Crippen molar-refractivity contribution < 1.29 is 18.3 Å². The number of nitrogens with zero attached hydrogens (tertiary/aromatic N) is 1. The van der Waals surface area contributed by atoms with Gasteiger partial charge in [-0.15, -0.1) is 11.3 Å². The van der Waals surface area contributed by atoms with E-state index in [0.29, 0.717) is 17.0 Å². The van der Waals surface area contributed by atoms with Crippen LogP contribution in [-0.4, -0.2) is 34.4 Å². The van der Waals surface area contributed by atoms with E-state index in [2.05, 4.69) is 9.97 Å². The van der Waals surface area contributed by atoms with Crippen LogP contribution in [0.2, 0.25) is 0 Å². The Hall–Kier alpha value is -3.04. The smallest absolute Gasteiger partial charge is 0.270 e. The second-order valence-electron chi connectivity index (χ2n) is 6.99. The molecule has 1 aromatic carbocycles. The predicted molar refractivity (Wildman–Crippen MR) is 105 cm³/mol. The molecule has 0 radical (unpaired) electrons. The number of amides is 1. The van der Waals surface area contributed by atoms with Crippen LogP contribution in [0.3, 0.4) is 0 Å². The Morgan fingerprint density at radius 3 is 2.72 bits per heavy atom. The third-order valence-corrected chi connectivity index (χ3v) is 6.15. The molecule has 0 fully saturated rings. The molecule has 4 heterocycles. The number of nitrogens with one attached hydrogen (secondary N) is 2. The van der Waals surface area contributed by atoms with E-state index >= 15 is 0 Å². The lowest BCUT2D eigenvalue weighted by Gasteiger charge is -2.33. The highest BCUT2D eigenvalue weighted by atomic mass is 32.1. The van der Waals surface area contributed by atoms with E-state index in [9.17, 15) is 18.4 Å². The van der Waals surface area contributed by atoms with Crippen molar-refractivity contribution in [1.82, 2.24) is 14.9 Å². The lowest BCUT2D eigenvalue weighted by atomic mass is 9.95. The number of hydrogen-bond acceptors (Lipinski definition) is 4. The largest absolute Gasteiger partial charge is 0.373 e. The van der Waals surface area contributed by atoms with Crippen LogP contribution >= 0.6 is 11.3 Å². The summed E-state index contributed by atoms with van der Waals surface area (Å²) in [6, 6.07) is 5.02. The number of fused-ring (bicyclic) bond motifs is 4. The number of pyridine rings is 1. The molecular weight excluding hydrogens is 400 g/mol. The highest BCUT2D eigenvalue weighted by molar-refractivity contribution is 7.16. The van der Waals surface area contributed by atoms with Crippen molar-refractivity contribution in [2.24, 2.45) is 0 Å². The van der Waals surface area contributed by atoms with E-state index in [4.69, 9.17) is 4.74 Å². The van der Waals surface area contributed by atoms with Gasteiger partial charge >= 0.3 is 0 Å². The van der Waals surface area contributed by atoms with Crippen molar-refractivity contribution >= 4 is 38.2 Å². The quantitative estimate of drug-likeness (QED) is 0.524. The molecule has 2 N–H and O–H groups in total. The van der Waals surface area contributed by atoms with Gasteiger partial charge in [-0.1, -0.05) is 0 Å². The van der Waals surface area contributed by atoms with Gasteiger partial charge in [-0.2, -0.15) is 0 Å². The van der Waals surface area contributed by atoms with Crippen LogP contribution in [0, 0.1) is 11.6 Å². The van der Waals surface area contributed by atoms with Gasteiger partial charge in [-0.05, 0) is 35.0 Å². The summed E-state index contributed by atoms with van der Waals surface area (Å²) in [5.41, 5.74) is 0.916. The molecule has 0 saturated heterocycles. The Morgan fingerprint density at radius 1 is 1.21 bits per heavy atom. The molecule has 1 unspecified atom stereocenters. The van der Waals surface area contributed by atoms with Crippen LogP contribution in [0.5, 0.6) is 0 Å². The molecule has 148 valence electrons. The number of aromatic nitrogens is 2. The van der Waals surface area contributed by atoms with Crippen molar-refractivity contribution in [1.29, 1.82) is 0 Å². The van der Waals surface area contributed by atoms with Crippen LogP contribution in [0.1, 0.15) is 27.8 Å². The highest BCUT2D eigenvalue weighted by Gasteiger charge is 2.32. The number of H-pyrrole nitrogens is 2. The second kappa shape index (κ2) is 6.50. The predicted octanol–water partition coefficient (Wildman–Crippen LogP) is 3.69. The van der Waals surface area contributed by atoms with E-state index in [0.717, 1.165) is 22.3 Å². The fourth-order valence-electron chi connectivity index (χ4n) is 3.84. The maximum Gasteiger partial charge on any atom is 0.270 e. The Morgan fingerprint density at radius 2 is 1.97 bits per heavy atom. The number of aromatic amines is 2. The first-order chi connectivity index (χ1) is 13.9. The number of ether oxygens (including phenoxy) is 1. The van der Waals surface area contributed by atoms with Gasteiger partial charge in [-0.3, -0.25) is 9.59 Å². The maximum atomic E-state index is 14.0. The molecule has 1 aliphatic heterocycles. The molecule has 1 aliphatic rings. The van der Waals surface area contributed by atoms with Gasteiger partial charge in [-0.25, -0.2) is 8.78 Å². The third-order valence-electron chi connectivity index (χ3n) is 5.30. The Kier molecular flexibility index (Phi) is 4.04. The molecule has 9 heteroatoms. The molecule has 1 atom stereocenters. The second-order valence-corrected chi connectivity index (χ2v) is 7.91. The summed E-state index contributed by atoms with van der Waals surface area (Å²) in [7, 11) is 1.62. The Labute approximate surface area is 166 Å². The van der Waals surface area contributed by atoms with E-state index in [1.165, 1.54) is 16.2 Å². The van der Waals surface area contributed by atoms with Gasteiger partial charge in [0.05, 0.1) is 24.6 Å². The van der Waals surface area contributed by atoms with Gasteiger partial charge in [0.1, 0.15) is 10.5 Å². The van der Waals surface area contributed by atoms with Gasteiger partial charge in [0.25, 0.3) is 11.5 Å². The topological polar surface area (TPSA) is 78.2 Å². The number of benzene rings is 1. The standard InChI is InChI=1S/C20H15F2N3O3S/c1-25(20(27)14-4-9-2-3-29-19(9)24-14)16-8-28-7-15-17(16)10-5-12(21)13(22)6-11(10)18(26)23-15/h2-6,16,24H,7-8H2,1H3,(H,23,26). The highest BCUT2D eigenvalue weighted by Crippen LogP contribution is 2.34.